The molecule has 1 aliphatic heterocycles. The highest BCUT2D eigenvalue weighted by molar-refractivity contribution is 5.94. The minimum Gasteiger partial charge on any atom is -0.394 e. The van der Waals surface area contributed by atoms with E-state index in [0.29, 0.717) is 13.1 Å². The van der Waals surface area contributed by atoms with Gasteiger partial charge in [0, 0.05) is 24.7 Å². The van der Waals surface area contributed by atoms with Gasteiger partial charge in [0.2, 0.25) is 11.8 Å². The zero-order valence-electron chi connectivity index (χ0n) is 13.5. The molecule has 1 saturated heterocycles. The van der Waals surface area contributed by atoms with E-state index in [1.165, 1.54) is 0 Å². The molecule has 2 amide bonds. The normalized spacial score (nSPS) is 24.1. The Labute approximate surface area is 140 Å². The summed E-state index contributed by atoms with van der Waals surface area (Å²) in [5.41, 5.74) is 7.15. The lowest BCUT2D eigenvalue weighted by atomic mass is 9.99. The molecular weight excluding hydrogens is 310 g/mol. The average Bonchev–Trinajstić information content (AvgIpc) is 3.42. The highest BCUT2D eigenvalue weighted by Crippen LogP contribution is 2.32. The molecule has 4 N–H and O–H groups in total. The second kappa shape index (κ2) is 7.29. The molecule has 2 atom stereocenters. The van der Waals surface area contributed by atoms with E-state index in [4.69, 9.17) is 10.5 Å². The third kappa shape index (κ3) is 3.58. The van der Waals surface area contributed by atoms with Crippen molar-refractivity contribution >= 4 is 17.5 Å². The topological polar surface area (TPSA) is 105 Å². The van der Waals surface area contributed by atoms with Gasteiger partial charge in [0.05, 0.1) is 12.6 Å². The smallest absolute Gasteiger partial charge is 0.249 e. The number of hydrogen-bond acceptors (Lipinski definition) is 5. The molecule has 0 radical (unpaired) electrons. The van der Waals surface area contributed by atoms with Gasteiger partial charge >= 0.3 is 0 Å². The fourth-order valence-corrected chi connectivity index (χ4v) is 2.99. The van der Waals surface area contributed by atoms with Crippen LogP contribution in [0, 0.1) is 5.92 Å². The molecule has 1 saturated carbocycles. The molecular formula is C17H23N3O4. The Kier molecular flexibility index (Phi) is 5.13. The van der Waals surface area contributed by atoms with Crippen LogP contribution in [0.3, 0.4) is 0 Å². The molecule has 130 valence electrons. The van der Waals surface area contributed by atoms with E-state index < -0.39 is 12.1 Å². The van der Waals surface area contributed by atoms with Gasteiger partial charge in [0.1, 0.15) is 12.7 Å². The quantitative estimate of drug-likeness (QED) is 0.692. The van der Waals surface area contributed by atoms with Gasteiger partial charge in [-0.25, -0.2) is 0 Å². The molecule has 0 bridgehead atoms. The molecule has 1 aromatic carbocycles. The highest BCUT2D eigenvalue weighted by Gasteiger charge is 2.36. The van der Waals surface area contributed by atoms with Gasteiger partial charge in [0.15, 0.2) is 0 Å². The predicted octanol–water partition coefficient (Wildman–Crippen LogP) is 0.255. The predicted molar refractivity (Wildman–Crippen MR) is 88.1 cm³/mol. The molecule has 2 aliphatic rings. The molecule has 1 aliphatic carbocycles. The van der Waals surface area contributed by atoms with Crippen LogP contribution >= 0.6 is 0 Å². The van der Waals surface area contributed by atoms with Crippen LogP contribution in [0.1, 0.15) is 24.5 Å². The number of benzene rings is 1. The van der Waals surface area contributed by atoms with Crippen molar-refractivity contribution in [2.45, 2.75) is 25.0 Å². The number of nitrogens with zero attached hydrogens (tertiary/aromatic N) is 1. The number of anilines is 1. The first-order chi connectivity index (χ1) is 11.6. The summed E-state index contributed by atoms with van der Waals surface area (Å²) in [5.74, 6) is 0.0506. The van der Waals surface area contributed by atoms with Crippen molar-refractivity contribution in [1.82, 2.24) is 4.90 Å². The minimum absolute atomic E-state index is 0.0265. The molecule has 7 heteroatoms. The standard InChI is InChI=1S/C17H23N3O4/c18-7-8-20-14(9-21)16(24-10-15(20)22)11-3-5-13(6-4-11)19-17(23)12-1-2-12/h3-6,12,14,16,21H,1-2,7-10,18H2,(H,19,23)/t14-,16-/m1/s1. The first kappa shape index (κ1) is 16.9. The number of nitrogens with one attached hydrogen (secondary N) is 1. The summed E-state index contributed by atoms with van der Waals surface area (Å²) in [6.07, 6.45) is 1.51. The fourth-order valence-electron chi connectivity index (χ4n) is 2.99. The monoisotopic (exact) mass is 333 g/mol. The fraction of sp³-hybridized carbons (Fsp3) is 0.529. The minimum atomic E-state index is -0.457. The third-order valence-electron chi connectivity index (χ3n) is 4.47. The van der Waals surface area contributed by atoms with E-state index in [-0.39, 0.29) is 30.9 Å². The number of carbonyl (C=O) groups excluding carboxylic acids is 2. The van der Waals surface area contributed by atoms with Crippen LogP contribution in [0.25, 0.3) is 0 Å². The number of carbonyl (C=O) groups is 2. The van der Waals surface area contributed by atoms with Crippen LogP contribution in [0.15, 0.2) is 24.3 Å². The number of rotatable bonds is 6. The van der Waals surface area contributed by atoms with E-state index >= 15 is 0 Å². The van der Waals surface area contributed by atoms with E-state index in [9.17, 15) is 14.7 Å². The summed E-state index contributed by atoms with van der Waals surface area (Å²) >= 11 is 0. The summed E-state index contributed by atoms with van der Waals surface area (Å²) in [7, 11) is 0. The van der Waals surface area contributed by atoms with Crippen LogP contribution in [0.4, 0.5) is 5.69 Å². The molecule has 2 fully saturated rings. The number of aliphatic hydroxyl groups excluding tert-OH is 1. The van der Waals surface area contributed by atoms with Crippen LogP contribution in [0.5, 0.6) is 0 Å². The third-order valence-corrected chi connectivity index (χ3v) is 4.47. The van der Waals surface area contributed by atoms with E-state index in [0.717, 1.165) is 24.1 Å². The highest BCUT2D eigenvalue weighted by atomic mass is 16.5. The SMILES string of the molecule is NCCN1C(=O)CO[C@H](c2ccc(NC(=O)C3CC3)cc2)[C@H]1CO. The Hall–Kier alpha value is -1.96. The van der Waals surface area contributed by atoms with Crippen molar-refractivity contribution in [2.75, 3.05) is 31.6 Å². The van der Waals surface area contributed by atoms with Gasteiger partial charge < -0.3 is 25.8 Å². The van der Waals surface area contributed by atoms with Gasteiger partial charge in [-0.15, -0.1) is 0 Å². The van der Waals surface area contributed by atoms with Crippen molar-refractivity contribution in [2.24, 2.45) is 11.7 Å². The van der Waals surface area contributed by atoms with Crippen LogP contribution in [-0.2, 0) is 14.3 Å². The van der Waals surface area contributed by atoms with Gasteiger partial charge in [0.25, 0.3) is 0 Å². The molecule has 1 aromatic rings. The number of aliphatic hydroxyl groups is 1. The Balaban J connectivity index is 1.71. The lowest BCUT2D eigenvalue weighted by Crippen LogP contribution is -2.54. The van der Waals surface area contributed by atoms with Gasteiger partial charge in [-0.2, -0.15) is 0 Å². The first-order valence-corrected chi connectivity index (χ1v) is 8.27. The Bertz CT molecular complexity index is 600. The largest absolute Gasteiger partial charge is 0.394 e. The second-order valence-electron chi connectivity index (χ2n) is 6.24. The summed E-state index contributed by atoms with van der Waals surface area (Å²) in [6.45, 7) is 0.498. The number of ether oxygens (including phenoxy) is 1. The van der Waals surface area contributed by atoms with E-state index in [2.05, 4.69) is 5.32 Å². The number of nitrogens with two attached hydrogens (primary N) is 1. The maximum atomic E-state index is 12.0. The summed E-state index contributed by atoms with van der Waals surface area (Å²) in [4.78, 5) is 25.3. The summed E-state index contributed by atoms with van der Waals surface area (Å²) in [5, 5.41) is 12.6. The lowest BCUT2D eigenvalue weighted by Gasteiger charge is -2.40. The molecule has 0 aromatic heterocycles. The van der Waals surface area contributed by atoms with Crippen molar-refractivity contribution in [1.29, 1.82) is 0 Å². The summed E-state index contributed by atoms with van der Waals surface area (Å²) in [6, 6.07) is 6.88. The molecule has 7 nitrogen and oxygen atoms in total. The second-order valence-corrected chi connectivity index (χ2v) is 6.24. The van der Waals surface area contributed by atoms with Crippen LogP contribution in [0.2, 0.25) is 0 Å². The molecule has 24 heavy (non-hydrogen) atoms. The van der Waals surface area contributed by atoms with Crippen molar-refractivity contribution in [3.63, 3.8) is 0 Å². The van der Waals surface area contributed by atoms with E-state index in [1.807, 2.05) is 24.3 Å². The number of hydrogen-bond donors (Lipinski definition) is 3. The Morgan fingerprint density at radius 3 is 2.62 bits per heavy atom. The maximum absolute atomic E-state index is 12.0. The van der Waals surface area contributed by atoms with E-state index in [1.54, 1.807) is 4.90 Å². The Morgan fingerprint density at radius 1 is 1.33 bits per heavy atom. The zero-order chi connectivity index (χ0) is 17.1. The van der Waals surface area contributed by atoms with Gasteiger partial charge in [-0.1, -0.05) is 12.1 Å². The average molecular weight is 333 g/mol. The zero-order valence-corrected chi connectivity index (χ0v) is 13.5. The first-order valence-electron chi connectivity index (χ1n) is 8.27. The van der Waals surface area contributed by atoms with Gasteiger partial charge in [-0.05, 0) is 30.5 Å². The van der Waals surface area contributed by atoms with Crippen LogP contribution < -0.4 is 11.1 Å². The van der Waals surface area contributed by atoms with Gasteiger partial charge in [-0.3, -0.25) is 9.59 Å². The van der Waals surface area contributed by atoms with Crippen molar-refractivity contribution in [3.05, 3.63) is 29.8 Å². The number of amides is 2. The lowest BCUT2D eigenvalue weighted by molar-refractivity contribution is -0.160. The van der Waals surface area contributed by atoms with Crippen molar-refractivity contribution < 1.29 is 19.4 Å². The molecule has 1 heterocycles. The summed E-state index contributed by atoms with van der Waals surface area (Å²) < 4.78 is 5.65. The molecule has 0 spiro atoms. The maximum Gasteiger partial charge on any atom is 0.249 e. The van der Waals surface area contributed by atoms with Crippen molar-refractivity contribution in [3.8, 4) is 0 Å². The number of morpholine rings is 1. The Morgan fingerprint density at radius 2 is 2.04 bits per heavy atom. The molecule has 3 rings (SSSR count). The molecule has 0 unspecified atom stereocenters. The van der Waals surface area contributed by atoms with Crippen LogP contribution in [-0.4, -0.2) is 54.2 Å².